The van der Waals surface area contributed by atoms with Gasteiger partial charge in [-0.15, -0.1) is 0 Å². The van der Waals surface area contributed by atoms with Gasteiger partial charge in [-0.25, -0.2) is 0 Å². The lowest BCUT2D eigenvalue weighted by molar-refractivity contribution is -0.156. The Hall–Kier alpha value is -1.35. The van der Waals surface area contributed by atoms with E-state index in [-0.39, 0.29) is 23.4 Å². The van der Waals surface area contributed by atoms with Crippen LogP contribution in [-0.2, 0) is 16.0 Å². The third-order valence-electron chi connectivity index (χ3n) is 4.05. The van der Waals surface area contributed by atoms with E-state index in [4.69, 9.17) is 10.5 Å². The number of esters is 1. The largest absolute Gasteiger partial charge is 0.457 e. The third-order valence-corrected chi connectivity index (χ3v) is 4.05. The molecule has 2 atom stereocenters. The first-order valence-corrected chi connectivity index (χ1v) is 7.89. The second-order valence-corrected chi connectivity index (χ2v) is 7.21. The zero-order valence-electron chi connectivity index (χ0n) is 13.4. The molecule has 0 spiro atoms. The highest BCUT2D eigenvalue weighted by atomic mass is 16.5. The number of rotatable bonds is 4. The molecule has 0 radical (unpaired) electrons. The second-order valence-electron chi connectivity index (χ2n) is 7.21. The van der Waals surface area contributed by atoms with Crippen molar-refractivity contribution in [3.63, 3.8) is 0 Å². The minimum Gasteiger partial charge on any atom is -0.457 e. The van der Waals surface area contributed by atoms with Crippen LogP contribution in [0.15, 0.2) is 24.3 Å². The normalized spacial score (nSPS) is 19.7. The summed E-state index contributed by atoms with van der Waals surface area (Å²) in [4.78, 5) is 12.4. The molecule has 3 nitrogen and oxygen atoms in total. The van der Waals surface area contributed by atoms with Crippen molar-refractivity contribution < 1.29 is 9.53 Å². The van der Waals surface area contributed by atoms with Crippen molar-refractivity contribution in [2.75, 3.05) is 6.54 Å². The second kappa shape index (κ2) is 6.61. The summed E-state index contributed by atoms with van der Waals surface area (Å²) in [7, 11) is 0. The smallest absolute Gasteiger partial charge is 0.310 e. The first-order valence-electron chi connectivity index (χ1n) is 7.89. The van der Waals surface area contributed by atoms with Gasteiger partial charge >= 0.3 is 5.97 Å². The molecule has 116 valence electrons. The van der Waals surface area contributed by atoms with Crippen LogP contribution >= 0.6 is 0 Å². The van der Waals surface area contributed by atoms with Crippen LogP contribution in [-0.4, -0.2) is 12.5 Å². The minimum absolute atomic E-state index is 0.0769. The fraction of sp³-hybridized carbons (Fsp3) is 0.611. The van der Waals surface area contributed by atoms with Crippen LogP contribution in [0.2, 0.25) is 0 Å². The molecule has 0 heterocycles. The number of hydrogen-bond acceptors (Lipinski definition) is 3. The van der Waals surface area contributed by atoms with Gasteiger partial charge in [0.2, 0.25) is 0 Å². The predicted molar refractivity (Wildman–Crippen MR) is 84.8 cm³/mol. The molecule has 0 fully saturated rings. The Balaban J connectivity index is 2.06. The molecular formula is C18H27NO2. The van der Waals surface area contributed by atoms with Crippen molar-refractivity contribution in [2.24, 2.45) is 17.1 Å². The van der Waals surface area contributed by atoms with Gasteiger partial charge in [-0.05, 0) is 42.2 Å². The van der Waals surface area contributed by atoms with Gasteiger partial charge in [-0.2, -0.15) is 0 Å². The van der Waals surface area contributed by atoms with E-state index in [1.54, 1.807) is 0 Å². The average molecular weight is 289 g/mol. The van der Waals surface area contributed by atoms with Crippen LogP contribution in [0.25, 0.3) is 0 Å². The maximum Gasteiger partial charge on any atom is 0.310 e. The summed E-state index contributed by atoms with van der Waals surface area (Å²) >= 11 is 0. The van der Waals surface area contributed by atoms with E-state index in [0.29, 0.717) is 6.54 Å². The Kier molecular flexibility index (Phi) is 5.04. The summed E-state index contributed by atoms with van der Waals surface area (Å²) in [6.45, 7) is 6.72. The molecule has 1 aromatic rings. The Morgan fingerprint density at radius 1 is 1.38 bits per heavy atom. The summed E-state index contributed by atoms with van der Waals surface area (Å²) in [5.74, 6) is -0.354. The molecule has 0 saturated heterocycles. The first kappa shape index (κ1) is 16.0. The number of carbonyl (C=O) groups excluding carboxylic acids is 1. The molecule has 0 aliphatic heterocycles. The van der Waals surface area contributed by atoms with Crippen LogP contribution in [0.3, 0.4) is 0 Å². The molecule has 0 amide bonds. The number of nitrogens with two attached hydrogens (primary N) is 1. The maximum atomic E-state index is 12.4. The highest BCUT2D eigenvalue weighted by Gasteiger charge is 2.29. The van der Waals surface area contributed by atoms with Crippen LogP contribution in [0.1, 0.15) is 57.3 Å². The first-order chi connectivity index (χ1) is 9.90. The molecule has 2 rings (SSSR count). The molecule has 2 N–H and O–H groups in total. The van der Waals surface area contributed by atoms with Crippen LogP contribution in [0.4, 0.5) is 0 Å². The van der Waals surface area contributed by atoms with Crippen molar-refractivity contribution in [2.45, 2.75) is 52.6 Å². The molecule has 1 aliphatic rings. The van der Waals surface area contributed by atoms with E-state index in [2.05, 4.69) is 32.9 Å². The highest BCUT2D eigenvalue weighted by molar-refractivity contribution is 5.73. The number of aryl methyl sites for hydroxylation is 1. The zero-order valence-corrected chi connectivity index (χ0v) is 13.4. The Labute approximate surface area is 127 Å². The van der Waals surface area contributed by atoms with Gasteiger partial charge in [-0.3, -0.25) is 4.79 Å². The maximum absolute atomic E-state index is 12.4. The number of ether oxygens (including phenoxy) is 1. The predicted octanol–water partition coefficient (Wildman–Crippen LogP) is 3.62. The number of benzene rings is 1. The fourth-order valence-corrected chi connectivity index (χ4v) is 3.07. The number of fused-ring (bicyclic) bond motifs is 1. The standard InChI is InChI=1S/C18H27NO2/c1-18(2,3)11-14(12-19)17(20)21-16-10-6-8-13-7-4-5-9-15(13)16/h4-5,7,9,14,16H,6,8,10-12,19H2,1-3H3. The van der Waals surface area contributed by atoms with E-state index in [9.17, 15) is 4.79 Å². The van der Waals surface area contributed by atoms with Gasteiger partial charge in [0.05, 0.1) is 5.92 Å². The lowest BCUT2D eigenvalue weighted by Crippen LogP contribution is -2.31. The van der Waals surface area contributed by atoms with Crippen molar-refractivity contribution in [3.05, 3.63) is 35.4 Å². The minimum atomic E-state index is -0.209. The van der Waals surface area contributed by atoms with Crippen molar-refractivity contribution in [3.8, 4) is 0 Å². The van der Waals surface area contributed by atoms with Gasteiger partial charge in [-0.1, -0.05) is 45.0 Å². The van der Waals surface area contributed by atoms with E-state index >= 15 is 0 Å². The lowest BCUT2D eigenvalue weighted by Gasteiger charge is -2.29. The van der Waals surface area contributed by atoms with Crippen molar-refractivity contribution >= 4 is 5.97 Å². The Morgan fingerprint density at radius 2 is 2.10 bits per heavy atom. The number of carbonyl (C=O) groups is 1. The summed E-state index contributed by atoms with van der Waals surface area (Å²) in [5, 5.41) is 0. The Bertz CT molecular complexity index is 490. The molecule has 1 aromatic carbocycles. The zero-order chi connectivity index (χ0) is 15.5. The molecular weight excluding hydrogens is 262 g/mol. The van der Waals surface area contributed by atoms with Gasteiger partial charge < -0.3 is 10.5 Å². The van der Waals surface area contributed by atoms with Gasteiger partial charge in [0.1, 0.15) is 6.10 Å². The quantitative estimate of drug-likeness (QED) is 0.861. The summed E-state index contributed by atoms with van der Waals surface area (Å²) in [6.07, 6.45) is 3.72. The van der Waals surface area contributed by atoms with Crippen LogP contribution in [0, 0.1) is 11.3 Å². The van der Waals surface area contributed by atoms with Crippen LogP contribution < -0.4 is 5.73 Å². The molecule has 0 bridgehead atoms. The molecule has 0 aromatic heterocycles. The van der Waals surface area contributed by atoms with E-state index < -0.39 is 0 Å². The Morgan fingerprint density at radius 3 is 2.76 bits per heavy atom. The van der Waals surface area contributed by atoms with Gasteiger partial charge in [0.15, 0.2) is 0 Å². The van der Waals surface area contributed by atoms with Gasteiger partial charge in [0, 0.05) is 6.54 Å². The number of hydrogen-bond donors (Lipinski definition) is 1. The summed E-state index contributed by atoms with van der Waals surface area (Å²) in [6, 6.07) is 8.27. The fourth-order valence-electron chi connectivity index (χ4n) is 3.07. The molecule has 0 saturated carbocycles. The summed E-state index contributed by atoms with van der Waals surface area (Å²) in [5.41, 5.74) is 8.33. The topological polar surface area (TPSA) is 52.3 Å². The SMILES string of the molecule is CC(C)(C)CC(CN)C(=O)OC1CCCc2ccccc21. The van der Waals surface area contributed by atoms with Crippen molar-refractivity contribution in [1.29, 1.82) is 0 Å². The van der Waals surface area contributed by atoms with E-state index in [1.807, 2.05) is 12.1 Å². The lowest BCUT2D eigenvalue weighted by atomic mass is 9.84. The van der Waals surface area contributed by atoms with Crippen molar-refractivity contribution in [1.82, 2.24) is 0 Å². The average Bonchev–Trinajstić information content (AvgIpc) is 2.44. The molecule has 2 unspecified atom stereocenters. The summed E-state index contributed by atoms with van der Waals surface area (Å²) < 4.78 is 5.80. The monoisotopic (exact) mass is 289 g/mol. The van der Waals surface area contributed by atoms with E-state index in [1.165, 1.54) is 11.1 Å². The third kappa shape index (κ3) is 4.31. The molecule has 1 aliphatic carbocycles. The van der Waals surface area contributed by atoms with E-state index in [0.717, 1.165) is 25.7 Å². The molecule has 21 heavy (non-hydrogen) atoms. The van der Waals surface area contributed by atoms with Crippen LogP contribution in [0.5, 0.6) is 0 Å². The highest BCUT2D eigenvalue weighted by Crippen LogP contribution is 2.34. The molecule has 3 heteroatoms. The van der Waals surface area contributed by atoms with Gasteiger partial charge in [0.25, 0.3) is 0 Å².